The highest BCUT2D eigenvalue weighted by Crippen LogP contribution is 2.25. The number of methoxy groups -OCH3 is 1. The number of likely N-dealkylation sites (tertiary alicyclic amines) is 1. The third-order valence-electron chi connectivity index (χ3n) is 5.77. The largest absolute Gasteiger partial charge is 0.495 e. The van der Waals surface area contributed by atoms with Gasteiger partial charge in [-0.15, -0.1) is 0 Å². The SMILES string of the molecule is CNS(=O)(=O)c1cc(/C=C/C(=O)NCc2ccc(CN3CCCCCC3)cc2)ccc1OC. The molecule has 1 aliphatic heterocycles. The number of hydrogen-bond acceptors (Lipinski definition) is 5. The second-order valence-electron chi connectivity index (χ2n) is 8.18. The molecule has 2 N–H and O–H groups in total. The van der Waals surface area contributed by atoms with E-state index in [1.807, 2.05) is 0 Å². The normalized spacial score (nSPS) is 15.3. The van der Waals surface area contributed by atoms with E-state index in [0.717, 1.165) is 12.1 Å². The number of rotatable bonds is 9. The number of carbonyl (C=O) groups excluding carboxylic acids is 1. The summed E-state index contributed by atoms with van der Waals surface area (Å²) in [6.45, 7) is 3.74. The van der Waals surface area contributed by atoms with Gasteiger partial charge in [0.25, 0.3) is 0 Å². The lowest BCUT2D eigenvalue weighted by Crippen LogP contribution is -2.24. The fraction of sp³-hybridized carbons (Fsp3) is 0.400. The lowest BCUT2D eigenvalue weighted by atomic mass is 10.1. The average molecular weight is 472 g/mol. The Morgan fingerprint density at radius 3 is 2.33 bits per heavy atom. The summed E-state index contributed by atoms with van der Waals surface area (Å²) in [6, 6.07) is 13.1. The van der Waals surface area contributed by atoms with Gasteiger partial charge in [-0.05, 0) is 67.9 Å². The van der Waals surface area contributed by atoms with E-state index in [2.05, 4.69) is 39.2 Å². The molecule has 0 saturated carbocycles. The minimum atomic E-state index is -3.68. The monoisotopic (exact) mass is 471 g/mol. The van der Waals surface area contributed by atoms with Crippen LogP contribution in [0.4, 0.5) is 0 Å². The Morgan fingerprint density at radius 2 is 1.70 bits per heavy atom. The van der Waals surface area contributed by atoms with E-state index in [0.29, 0.717) is 12.1 Å². The predicted octanol–water partition coefficient (Wildman–Crippen LogP) is 3.31. The van der Waals surface area contributed by atoms with Crippen molar-refractivity contribution in [3.05, 3.63) is 65.2 Å². The van der Waals surface area contributed by atoms with Crippen molar-refractivity contribution in [2.45, 2.75) is 43.7 Å². The van der Waals surface area contributed by atoms with Crippen molar-refractivity contribution in [1.29, 1.82) is 0 Å². The Hall–Kier alpha value is -2.68. The van der Waals surface area contributed by atoms with Crippen LogP contribution in [0.5, 0.6) is 5.75 Å². The average Bonchev–Trinajstić information content (AvgIpc) is 3.10. The van der Waals surface area contributed by atoms with Gasteiger partial charge in [-0.2, -0.15) is 0 Å². The quantitative estimate of drug-likeness (QED) is 0.548. The number of carbonyl (C=O) groups is 1. The number of ether oxygens (including phenoxy) is 1. The van der Waals surface area contributed by atoms with Crippen molar-refractivity contribution in [3.63, 3.8) is 0 Å². The van der Waals surface area contributed by atoms with Crippen LogP contribution in [0.25, 0.3) is 6.08 Å². The van der Waals surface area contributed by atoms with Gasteiger partial charge in [0.1, 0.15) is 10.6 Å². The molecular weight excluding hydrogens is 438 g/mol. The van der Waals surface area contributed by atoms with Crippen LogP contribution in [0.3, 0.4) is 0 Å². The number of nitrogens with one attached hydrogen (secondary N) is 2. The summed E-state index contributed by atoms with van der Waals surface area (Å²) >= 11 is 0. The van der Waals surface area contributed by atoms with Crippen LogP contribution in [-0.4, -0.2) is 46.5 Å². The van der Waals surface area contributed by atoms with E-state index in [9.17, 15) is 13.2 Å². The van der Waals surface area contributed by atoms with Crippen LogP contribution in [0.2, 0.25) is 0 Å². The van der Waals surface area contributed by atoms with E-state index >= 15 is 0 Å². The fourth-order valence-electron chi connectivity index (χ4n) is 3.85. The van der Waals surface area contributed by atoms with E-state index in [4.69, 9.17) is 4.74 Å². The first-order chi connectivity index (χ1) is 15.9. The number of sulfonamides is 1. The van der Waals surface area contributed by atoms with Gasteiger partial charge in [-0.25, -0.2) is 13.1 Å². The van der Waals surface area contributed by atoms with Gasteiger partial charge >= 0.3 is 0 Å². The Bertz CT molecular complexity index is 1060. The molecular formula is C25H33N3O4S. The van der Waals surface area contributed by atoms with E-state index in [-0.39, 0.29) is 16.6 Å². The molecule has 3 rings (SSSR count). The van der Waals surface area contributed by atoms with Crippen molar-refractivity contribution in [3.8, 4) is 5.75 Å². The van der Waals surface area contributed by atoms with Crippen LogP contribution < -0.4 is 14.8 Å². The maximum Gasteiger partial charge on any atom is 0.244 e. The van der Waals surface area contributed by atoms with Crippen molar-refractivity contribution < 1.29 is 17.9 Å². The summed E-state index contributed by atoms with van der Waals surface area (Å²) in [5.74, 6) is -0.0114. The van der Waals surface area contributed by atoms with Crippen molar-refractivity contribution in [2.75, 3.05) is 27.2 Å². The molecule has 1 aliphatic rings. The first kappa shape index (κ1) is 25.0. The Kier molecular flexibility index (Phi) is 9.05. The second kappa shape index (κ2) is 12.0. The third kappa shape index (κ3) is 7.42. The van der Waals surface area contributed by atoms with Gasteiger partial charge in [-0.3, -0.25) is 9.69 Å². The third-order valence-corrected chi connectivity index (χ3v) is 7.20. The molecule has 1 fully saturated rings. The molecule has 2 aromatic rings. The lowest BCUT2D eigenvalue weighted by Gasteiger charge is -2.19. The summed E-state index contributed by atoms with van der Waals surface area (Å²) in [7, 11) is -0.925. The number of amides is 1. The van der Waals surface area contributed by atoms with Crippen LogP contribution in [0.15, 0.2) is 53.4 Å². The highest BCUT2D eigenvalue weighted by molar-refractivity contribution is 7.89. The van der Waals surface area contributed by atoms with Gasteiger partial charge < -0.3 is 10.1 Å². The Morgan fingerprint density at radius 1 is 1.03 bits per heavy atom. The Balaban J connectivity index is 1.54. The van der Waals surface area contributed by atoms with Gasteiger partial charge in [-0.1, -0.05) is 43.2 Å². The van der Waals surface area contributed by atoms with Crippen LogP contribution in [0.1, 0.15) is 42.4 Å². The number of nitrogens with zero attached hydrogens (tertiary/aromatic N) is 1. The summed E-state index contributed by atoms with van der Waals surface area (Å²) in [5.41, 5.74) is 2.90. The first-order valence-corrected chi connectivity index (χ1v) is 12.8. The number of benzene rings is 2. The molecule has 33 heavy (non-hydrogen) atoms. The summed E-state index contributed by atoms with van der Waals surface area (Å²) < 4.78 is 31.8. The summed E-state index contributed by atoms with van der Waals surface area (Å²) in [6.07, 6.45) is 8.19. The molecule has 1 heterocycles. The van der Waals surface area contributed by atoms with Gasteiger partial charge in [0.2, 0.25) is 15.9 Å². The van der Waals surface area contributed by atoms with Crippen molar-refractivity contribution in [2.24, 2.45) is 0 Å². The molecule has 0 radical (unpaired) electrons. The van der Waals surface area contributed by atoms with Crippen molar-refractivity contribution in [1.82, 2.24) is 14.9 Å². The van der Waals surface area contributed by atoms with E-state index in [1.165, 1.54) is 70.6 Å². The molecule has 2 aromatic carbocycles. The zero-order valence-corrected chi connectivity index (χ0v) is 20.2. The van der Waals surface area contributed by atoms with Crippen LogP contribution in [-0.2, 0) is 27.9 Å². The maximum absolute atomic E-state index is 12.3. The smallest absolute Gasteiger partial charge is 0.244 e. The zero-order chi connectivity index (χ0) is 23.7. The molecule has 178 valence electrons. The van der Waals surface area contributed by atoms with Gasteiger partial charge in [0, 0.05) is 19.2 Å². The van der Waals surface area contributed by atoms with Crippen LogP contribution >= 0.6 is 0 Å². The molecule has 1 saturated heterocycles. The summed E-state index contributed by atoms with van der Waals surface area (Å²) in [4.78, 5) is 14.8. The highest BCUT2D eigenvalue weighted by atomic mass is 32.2. The molecule has 0 unspecified atom stereocenters. The fourth-order valence-corrected chi connectivity index (χ4v) is 4.78. The van der Waals surface area contributed by atoms with E-state index < -0.39 is 10.0 Å². The molecule has 0 aromatic heterocycles. The summed E-state index contributed by atoms with van der Waals surface area (Å²) in [5, 5.41) is 2.87. The number of hydrogen-bond donors (Lipinski definition) is 2. The van der Waals surface area contributed by atoms with Gasteiger partial charge in [0.15, 0.2) is 0 Å². The first-order valence-electron chi connectivity index (χ1n) is 11.3. The van der Waals surface area contributed by atoms with Crippen molar-refractivity contribution >= 4 is 22.0 Å². The molecule has 1 amide bonds. The Labute approximate surface area is 196 Å². The molecule has 8 heteroatoms. The zero-order valence-electron chi connectivity index (χ0n) is 19.3. The minimum absolute atomic E-state index is 0.0234. The van der Waals surface area contributed by atoms with Gasteiger partial charge in [0.05, 0.1) is 7.11 Å². The molecule has 7 nitrogen and oxygen atoms in total. The molecule has 0 spiro atoms. The highest BCUT2D eigenvalue weighted by Gasteiger charge is 2.17. The molecule has 0 atom stereocenters. The maximum atomic E-state index is 12.3. The predicted molar refractivity (Wildman–Crippen MR) is 130 cm³/mol. The van der Waals surface area contributed by atoms with Crippen LogP contribution in [0, 0.1) is 0 Å². The molecule has 0 bridgehead atoms. The second-order valence-corrected chi connectivity index (χ2v) is 10.0. The lowest BCUT2D eigenvalue weighted by molar-refractivity contribution is -0.116. The topological polar surface area (TPSA) is 87.7 Å². The molecule has 0 aliphatic carbocycles. The van der Waals surface area contributed by atoms with E-state index in [1.54, 1.807) is 18.2 Å². The standard InChI is InChI=1S/C25H33N3O4S/c1-26-33(30,31)24-17-20(11-13-23(24)32-2)12-14-25(29)27-18-21-7-9-22(10-8-21)19-28-15-5-3-4-6-16-28/h7-14,17,26H,3-6,15-16,18-19H2,1-2H3,(H,27,29)/b14-12+. The minimum Gasteiger partial charge on any atom is -0.495 e.